The molecule has 0 aliphatic heterocycles. The lowest BCUT2D eigenvalue weighted by atomic mass is 9.93. The monoisotopic (exact) mass is 252 g/mol. The van der Waals surface area contributed by atoms with Gasteiger partial charge < -0.3 is 15.0 Å². The van der Waals surface area contributed by atoms with Crippen molar-refractivity contribution in [3.63, 3.8) is 0 Å². The van der Waals surface area contributed by atoms with Crippen molar-refractivity contribution in [2.45, 2.75) is 39.2 Å². The average molecular weight is 252 g/mol. The van der Waals surface area contributed by atoms with Crippen molar-refractivity contribution in [1.29, 1.82) is 0 Å². The SMILES string of the molecule is CCC(CC)(NC(=O)c1ccc(C)n1C)C(=O)O. The summed E-state index contributed by atoms with van der Waals surface area (Å²) in [6.07, 6.45) is 0.710. The Morgan fingerprint density at radius 3 is 2.22 bits per heavy atom. The number of amides is 1. The number of carboxylic acids is 1. The molecule has 1 aromatic heterocycles. The topological polar surface area (TPSA) is 71.3 Å². The van der Waals surface area contributed by atoms with Gasteiger partial charge in [0.15, 0.2) is 0 Å². The first-order chi connectivity index (χ1) is 8.38. The molecule has 5 nitrogen and oxygen atoms in total. The van der Waals surface area contributed by atoms with E-state index in [-0.39, 0.29) is 5.91 Å². The molecule has 0 fully saturated rings. The van der Waals surface area contributed by atoms with E-state index in [1.54, 1.807) is 31.5 Å². The van der Waals surface area contributed by atoms with Gasteiger partial charge in [0.05, 0.1) is 0 Å². The van der Waals surface area contributed by atoms with Gasteiger partial charge in [0.25, 0.3) is 5.91 Å². The van der Waals surface area contributed by atoms with E-state index in [4.69, 9.17) is 0 Å². The summed E-state index contributed by atoms with van der Waals surface area (Å²) in [5.41, 5.74) is 0.240. The van der Waals surface area contributed by atoms with Crippen molar-refractivity contribution >= 4 is 11.9 Å². The highest BCUT2D eigenvalue weighted by atomic mass is 16.4. The van der Waals surface area contributed by atoms with Gasteiger partial charge in [-0.15, -0.1) is 0 Å². The van der Waals surface area contributed by atoms with Gasteiger partial charge in [-0.05, 0) is 31.9 Å². The molecule has 0 saturated heterocycles. The maximum atomic E-state index is 12.1. The Hall–Kier alpha value is -1.78. The number of nitrogens with one attached hydrogen (secondary N) is 1. The van der Waals surface area contributed by atoms with Gasteiger partial charge in [0, 0.05) is 12.7 Å². The first-order valence-electron chi connectivity index (χ1n) is 6.06. The third-order valence-corrected chi connectivity index (χ3v) is 3.57. The molecule has 2 N–H and O–H groups in total. The number of rotatable bonds is 5. The molecule has 18 heavy (non-hydrogen) atoms. The summed E-state index contributed by atoms with van der Waals surface area (Å²) in [4.78, 5) is 23.4. The molecule has 0 aliphatic carbocycles. The molecule has 0 aromatic carbocycles. The van der Waals surface area contributed by atoms with Crippen molar-refractivity contribution < 1.29 is 14.7 Å². The fraction of sp³-hybridized carbons (Fsp3) is 0.538. The zero-order valence-corrected chi connectivity index (χ0v) is 11.3. The van der Waals surface area contributed by atoms with Crippen LogP contribution in [0.5, 0.6) is 0 Å². The second-order valence-electron chi connectivity index (χ2n) is 4.47. The Balaban J connectivity index is 2.99. The quantitative estimate of drug-likeness (QED) is 0.838. The minimum Gasteiger partial charge on any atom is -0.480 e. The van der Waals surface area contributed by atoms with Crippen molar-refractivity contribution in [2.24, 2.45) is 7.05 Å². The van der Waals surface area contributed by atoms with E-state index in [0.29, 0.717) is 18.5 Å². The van der Waals surface area contributed by atoms with Crippen LogP contribution in [0, 0.1) is 6.92 Å². The molecule has 0 radical (unpaired) electrons. The normalized spacial score (nSPS) is 11.3. The maximum Gasteiger partial charge on any atom is 0.329 e. The Morgan fingerprint density at radius 1 is 1.33 bits per heavy atom. The van der Waals surface area contributed by atoms with Crippen molar-refractivity contribution in [1.82, 2.24) is 9.88 Å². The summed E-state index contributed by atoms with van der Waals surface area (Å²) in [6.45, 7) is 5.41. The number of aliphatic carboxylic acids is 1. The highest BCUT2D eigenvalue weighted by Crippen LogP contribution is 2.17. The fourth-order valence-electron chi connectivity index (χ4n) is 1.91. The highest BCUT2D eigenvalue weighted by Gasteiger charge is 2.37. The number of aromatic nitrogens is 1. The van der Waals surface area contributed by atoms with Crippen LogP contribution < -0.4 is 5.32 Å². The van der Waals surface area contributed by atoms with Crippen LogP contribution in [0.25, 0.3) is 0 Å². The number of carbonyl (C=O) groups is 2. The summed E-state index contributed by atoms with van der Waals surface area (Å²) < 4.78 is 1.74. The van der Waals surface area contributed by atoms with E-state index in [1.165, 1.54) is 0 Å². The molecule has 1 rings (SSSR count). The van der Waals surface area contributed by atoms with Gasteiger partial charge >= 0.3 is 5.97 Å². The number of nitrogens with zero attached hydrogens (tertiary/aromatic N) is 1. The molecular weight excluding hydrogens is 232 g/mol. The lowest BCUT2D eigenvalue weighted by Crippen LogP contribution is -2.54. The van der Waals surface area contributed by atoms with E-state index < -0.39 is 11.5 Å². The number of hydrogen-bond donors (Lipinski definition) is 2. The summed E-state index contributed by atoms with van der Waals surface area (Å²) in [5.74, 6) is -1.34. The molecule has 0 saturated carbocycles. The molecule has 0 bridgehead atoms. The summed E-state index contributed by atoms with van der Waals surface area (Å²) in [7, 11) is 1.78. The summed E-state index contributed by atoms with van der Waals surface area (Å²) in [6, 6.07) is 3.53. The molecule has 0 spiro atoms. The van der Waals surface area contributed by atoms with Crippen molar-refractivity contribution in [2.75, 3.05) is 0 Å². The van der Waals surface area contributed by atoms with E-state index in [1.807, 2.05) is 13.0 Å². The number of carbonyl (C=O) groups excluding carboxylic acids is 1. The first kappa shape index (κ1) is 14.3. The molecule has 5 heteroatoms. The van der Waals surface area contributed by atoms with Crippen LogP contribution >= 0.6 is 0 Å². The summed E-state index contributed by atoms with van der Waals surface area (Å²) >= 11 is 0. The number of carboxylic acid groups (broad SMARTS) is 1. The molecule has 1 aromatic rings. The molecular formula is C13H20N2O3. The van der Waals surface area contributed by atoms with Crippen LogP contribution in [0.1, 0.15) is 42.9 Å². The van der Waals surface area contributed by atoms with Gasteiger partial charge in [0.2, 0.25) is 0 Å². The first-order valence-corrected chi connectivity index (χ1v) is 6.06. The van der Waals surface area contributed by atoms with Gasteiger partial charge in [-0.2, -0.15) is 0 Å². The third-order valence-electron chi connectivity index (χ3n) is 3.57. The third kappa shape index (κ3) is 2.39. The van der Waals surface area contributed by atoms with Gasteiger partial charge in [-0.3, -0.25) is 4.79 Å². The minimum atomic E-state index is -1.19. The zero-order chi connectivity index (χ0) is 13.9. The Kier molecular flexibility index (Phi) is 4.16. The lowest BCUT2D eigenvalue weighted by molar-refractivity contribution is -0.144. The van der Waals surface area contributed by atoms with Crippen molar-refractivity contribution in [3.05, 3.63) is 23.5 Å². The molecule has 1 amide bonds. The zero-order valence-electron chi connectivity index (χ0n) is 11.3. The predicted molar refractivity (Wildman–Crippen MR) is 68.6 cm³/mol. The van der Waals surface area contributed by atoms with Crippen LogP contribution in [0.2, 0.25) is 0 Å². The Morgan fingerprint density at radius 2 is 1.89 bits per heavy atom. The second kappa shape index (κ2) is 5.25. The van der Waals surface area contributed by atoms with Gasteiger partial charge in [-0.1, -0.05) is 13.8 Å². The van der Waals surface area contributed by atoms with Crippen LogP contribution in [-0.4, -0.2) is 27.1 Å². The van der Waals surface area contributed by atoms with E-state index >= 15 is 0 Å². The Bertz CT molecular complexity index is 459. The molecule has 0 atom stereocenters. The smallest absolute Gasteiger partial charge is 0.329 e. The van der Waals surface area contributed by atoms with Gasteiger partial charge in [0.1, 0.15) is 11.2 Å². The molecule has 0 aliphatic rings. The van der Waals surface area contributed by atoms with Crippen LogP contribution in [0.4, 0.5) is 0 Å². The maximum absolute atomic E-state index is 12.1. The standard InChI is InChI=1S/C13H20N2O3/c1-5-13(6-2,12(17)18)14-11(16)10-8-7-9(3)15(10)4/h7-8H,5-6H2,1-4H3,(H,14,16)(H,17,18). The van der Waals surface area contributed by atoms with E-state index in [2.05, 4.69) is 5.32 Å². The van der Waals surface area contributed by atoms with Crippen LogP contribution in [0.15, 0.2) is 12.1 Å². The fourth-order valence-corrected chi connectivity index (χ4v) is 1.91. The highest BCUT2D eigenvalue weighted by molar-refractivity contribution is 5.96. The Labute approximate surface area is 107 Å². The largest absolute Gasteiger partial charge is 0.480 e. The van der Waals surface area contributed by atoms with Crippen LogP contribution in [0.3, 0.4) is 0 Å². The van der Waals surface area contributed by atoms with E-state index in [0.717, 1.165) is 5.69 Å². The number of aryl methyl sites for hydroxylation is 1. The van der Waals surface area contributed by atoms with Gasteiger partial charge in [-0.25, -0.2) is 4.79 Å². The summed E-state index contributed by atoms with van der Waals surface area (Å²) in [5, 5.41) is 11.9. The molecule has 0 unspecified atom stereocenters. The van der Waals surface area contributed by atoms with Crippen molar-refractivity contribution in [3.8, 4) is 0 Å². The molecule has 100 valence electrons. The average Bonchev–Trinajstić information content (AvgIpc) is 2.66. The second-order valence-corrected chi connectivity index (χ2v) is 4.47. The lowest BCUT2D eigenvalue weighted by Gasteiger charge is -2.28. The predicted octanol–water partition coefficient (Wildman–Crippen LogP) is 1.71. The minimum absolute atomic E-state index is 0.350. The molecule has 1 heterocycles. The van der Waals surface area contributed by atoms with E-state index in [9.17, 15) is 14.7 Å². The number of hydrogen-bond acceptors (Lipinski definition) is 2. The van der Waals surface area contributed by atoms with Crippen LogP contribution in [-0.2, 0) is 11.8 Å².